The van der Waals surface area contributed by atoms with Crippen LogP contribution in [0.5, 0.6) is 5.75 Å². The molecule has 0 spiro atoms. The monoisotopic (exact) mass is 274 g/mol. The maximum atomic E-state index is 6.06. The summed E-state index contributed by atoms with van der Waals surface area (Å²) in [7, 11) is 0. The Bertz CT molecular complexity index is 533. The fraction of sp³-hybridized carbons (Fsp3) is 0.733. The van der Waals surface area contributed by atoms with Crippen LogP contribution in [-0.4, -0.2) is 41.2 Å². The summed E-state index contributed by atoms with van der Waals surface area (Å²) in [5, 5.41) is 3.71. The van der Waals surface area contributed by atoms with Gasteiger partial charge in [-0.15, -0.1) is 0 Å². The van der Waals surface area contributed by atoms with Gasteiger partial charge < -0.3 is 15.0 Å². The average molecular weight is 274 g/mol. The van der Waals surface area contributed by atoms with Gasteiger partial charge in [-0.05, 0) is 19.3 Å². The van der Waals surface area contributed by atoms with Gasteiger partial charge in [-0.25, -0.2) is 9.97 Å². The van der Waals surface area contributed by atoms with E-state index in [0.717, 1.165) is 49.1 Å². The molecular weight excluding hydrogens is 252 g/mol. The van der Waals surface area contributed by atoms with E-state index in [1.807, 2.05) is 0 Å². The van der Waals surface area contributed by atoms with Crippen LogP contribution in [0.3, 0.4) is 0 Å². The summed E-state index contributed by atoms with van der Waals surface area (Å²) in [6.45, 7) is 6.07. The van der Waals surface area contributed by atoms with Gasteiger partial charge in [-0.3, -0.25) is 0 Å². The van der Waals surface area contributed by atoms with Crippen molar-refractivity contribution in [3.05, 3.63) is 11.5 Å². The number of aryl methyl sites for hydroxylation is 2. The third-order valence-electron chi connectivity index (χ3n) is 4.84. The molecule has 108 valence electrons. The molecule has 3 unspecified atom stereocenters. The van der Waals surface area contributed by atoms with Crippen molar-refractivity contribution in [1.82, 2.24) is 15.3 Å². The zero-order chi connectivity index (χ0) is 13.7. The van der Waals surface area contributed by atoms with Gasteiger partial charge in [0.1, 0.15) is 12.4 Å². The van der Waals surface area contributed by atoms with Crippen molar-refractivity contribution in [2.45, 2.75) is 57.7 Å². The zero-order valence-electron chi connectivity index (χ0n) is 12.2. The summed E-state index contributed by atoms with van der Waals surface area (Å²) in [6, 6.07) is 1.62. The van der Waals surface area contributed by atoms with Gasteiger partial charge in [-0.2, -0.15) is 0 Å². The molecule has 2 bridgehead atoms. The quantitative estimate of drug-likeness (QED) is 0.881. The minimum atomic E-state index is 0.436. The molecule has 2 fully saturated rings. The lowest BCUT2D eigenvalue weighted by atomic mass is 10.0. The van der Waals surface area contributed by atoms with Gasteiger partial charge in [0, 0.05) is 25.0 Å². The standard InChI is InChI=1S/C15H22N4O/c1-3-10-14-15(18-13(4-2)17-10)19-7-9-5-6-11(16-9)12(19)8-20-14/h9,11-12,16H,3-8H2,1-2H3. The van der Waals surface area contributed by atoms with E-state index in [0.29, 0.717) is 18.1 Å². The highest BCUT2D eigenvalue weighted by molar-refractivity contribution is 5.58. The number of fused-ring (bicyclic) bond motifs is 6. The Morgan fingerprint density at radius 1 is 1.25 bits per heavy atom. The number of nitrogens with one attached hydrogen (secondary N) is 1. The zero-order valence-corrected chi connectivity index (χ0v) is 12.2. The maximum Gasteiger partial charge on any atom is 0.183 e. The van der Waals surface area contributed by atoms with E-state index in [1.165, 1.54) is 12.8 Å². The molecule has 3 aliphatic rings. The number of anilines is 1. The number of hydrogen-bond donors (Lipinski definition) is 1. The number of nitrogens with zero attached hydrogens (tertiary/aromatic N) is 3. The Kier molecular flexibility index (Phi) is 2.84. The van der Waals surface area contributed by atoms with E-state index < -0.39 is 0 Å². The summed E-state index contributed by atoms with van der Waals surface area (Å²) in [6.07, 6.45) is 4.32. The molecule has 4 heterocycles. The van der Waals surface area contributed by atoms with Gasteiger partial charge in [-0.1, -0.05) is 13.8 Å². The number of rotatable bonds is 2. The first-order chi connectivity index (χ1) is 9.80. The SMILES string of the molecule is CCc1nc(CC)c2c(n1)N1CC3CCC(N3)C1CO2. The number of hydrogen-bond acceptors (Lipinski definition) is 5. The van der Waals surface area contributed by atoms with Gasteiger partial charge in [0.2, 0.25) is 0 Å². The predicted octanol–water partition coefficient (Wildman–Crippen LogP) is 1.30. The molecule has 3 aliphatic heterocycles. The minimum Gasteiger partial charge on any atom is -0.486 e. The van der Waals surface area contributed by atoms with Gasteiger partial charge in [0.25, 0.3) is 0 Å². The lowest BCUT2D eigenvalue weighted by Crippen LogP contribution is -2.61. The van der Waals surface area contributed by atoms with Crippen LogP contribution in [-0.2, 0) is 12.8 Å². The van der Waals surface area contributed by atoms with Crippen LogP contribution in [0.15, 0.2) is 0 Å². The molecule has 0 radical (unpaired) electrons. The Morgan fingerprint density at radius 2 is 2.15 bits per heavy atom. The second kappa shape index (κ2) is 4.58. The molecule has 5 heteroatoms. The summed E-state index contributed by atoms with van der Waals surface area (Å²) < 4.78 is 6.06. The molecule has 0 aliphatic carbocycles. The first kappa shape index (κ1) is 12.4. The normalized spacial score (nSPS) is 30.7. The molecule has 4 rings (SSSR count). The second-order valence-corrected chi connectivity index (χ2v) is 6.02. The average Bonchev–Trinajstić information content (AvgIpc) is 2.88. The van der Waals surface area contributed by atoms with Crippen molar-refractivity contribution in [1.29, 1.82) is 0 Å². The molecule has 0 amide bonds. The molecule has 1 aromatic heterocycles. The first-order valence-electron chi connectivity index (χ1n) is 7.85. The van der Waals surface area contributed by atoms with E-state index in [2.05, 4.69) is 29.0 Å². The summed E-state index contributed by atoms with van der Waals surface area (Å²) in [4.78, 5) is 11.9. The summed E-state index contributed by atoms with van der Waals surface area (Å²) in [5.41, 5.74) is 1.07. The number of ether oxygens (including phenoxy) is 1. The second-order valence-electron chi connectivity index (χ2n) is 6.02. The van der Waals surface area contributed by atoms with Crippen LogP contribution < -0.4 is 15.0 Å². The highest BCUT2D eigenvalue weighted by Crippen LogP contribution is 2.39. The topological polar surface area (TPSA) is 50.3 Å². The van der Waals surface area contributed by atoms with Crippen LogP contribution >= 0.6 is 0 Å². The molecule has 5 nitrogen and oxygen atoms in total. The molecule has 2 saturated heterocycles. The Morgan fingerprint density at radius 3 is 2.95 bits per heavy atom. The van der Waals surface area contributed by atoms with Crippen molar-refractivity contribution in [3.63, 3.8) is 0 Å². The van der Waals surface area contributed by atoms with Crippen molar-refractivity contribution < 1.29 is 4.74 Å². The minimum absolute atomic E-state index is 0.436. The molecule has 1 aromatic rings. The summed E-state index contributed by atoms with van der Waals surface area (Å²) in [5.74, 6) is 2.92. The van der Waals surface area contributed by atoms with Gasteiger partial charge in [0.05, 0.1) is 11.7 Å². The molecule has 0 saturated carbocycles. The summed E-state index contributed by atoms with van der Waals surface area (Å²) >= 11 is 0. The predicted molar refractivity (Wildman–Crippen MR) is 77.4 cm³/mol. The lowest BCUT2D eigenvalue weighted by molar-refractivity contribution is 0.213. The van der Waals surface area contributed by atoms with Crippen molar-refractivity contribution in [2.24, 2.45) is 0 Å². The Labute approximate surface area is 119 Å². The number of aromatic nitrogens is 2. The van der Waals surface area contributed by atoms with Crippen molar-refractivity contribution >= 4 is 5.82 Å². The van der Waals surface area contributed by atoms with E-state index in [1.54, 1.807) is 0 Å². The van der Waals surface area contributed by atoms with E-state index in [-0.39, 0.29) is 0 Å². The van der Waals surface area contributed by atoms with Gasteiger partial charge in [0.15, 0.2) is 11.6 Å². The van der Waals surface area contributed by atoms with Crippen LogP contribution in [0.2, 0.25) is 0 Å². The smallest absolute Gasteiger partial charge is 0.183 e. The molecule has 1 N–H and O–H groups in total. The third-order valence-corrected chi connectivity index (χ3v) is 4.84. The Balaban J connectivity index is 1.79. The van der Waals surface area contributed by atoms with E-state index in [4.69, 9.17) is 9.72 Å². The van der Waals surface area contributed by atoms with Gasteiger partial charge >= 0.3 is 0 Å². The highest BCUT2D eigenvalue weighted by Gasteiger charge is 2.44. The molecular formula is C15H22N4O. The van der Waals surface area contributed by atoms with Crippen LogP contribution in [0, 0.1) is 0 Å². The maximum absolute atomic E-state index is 6.06. The lowest BCUT2D eigenvalue weighted by Gasteiger charge is -2.45. The van der Waals surface area contributed by atoms with Crippen molar-refractivity contribution in [2.75, 3.05) is 18.1 Å². The van der Waals surface area contributed by atoms with Crippen LogP contribution in [0.4, 0.5) is 5.82 Å². The fourth-order valence-corrected chi connectivity index (χ4v) is 3.78. The van der Waals surface area contributed by atoms with E-state index >= 15 is 0 Å². The third kappa shape index (κ3) is 1.72. The molecule has 0 aromatic carbocycles. The molecule has 3 atom stereocenters. The first-order valence-corrected chi connectivity index (χ1v) is 7.85. The van der Waals surface area contributed by atoms with Crippen molar-refractivity contribution in [3.8, 4) is 5.75 Å². The Hall–Kier alpha value is -1.36. The van der Waals surface area contributed by atoms with E-state index in [9.17, 15) is 0 Å². The highest BCUT2D eigenvalue weighted by atomic mass is 16.5. The van der Waals surface area contributed by atoms with Crippen LogP contribution in [0.25, 0.3) is 0 Å². The molecule has 20 heavy (non-hydrogen) atoms. The van der Waals surface area contributed by atoms with Crippen LogP contribution in [0.1, 0.15) is 38.2 Å². The fourth-order valence-electron chi connectivity index (χ4n) is 3.78. The number of piperazine rings is 1. The largest absolute Gasteiger partial charge is 0.486 e.